The molecular formula is C13H16N2O4. The lowest BCUT2D eigenvalue weighted by atomic mass is 9.82. The summed E-state index contributed by atoms with van der Waals surface area (Å²) in [6.07, 6.45) is 3.82. The van der Waals surface area contributed by atoms with Crippen LogP contribution in [0.15, 0.2) is 18.5 Å². The molecule has 1 aromatic rings. The minimum Gasteiger partial charge on any atom is -0.505 e. The minimum atomic E-state index is -0.920. The molecule has 6 nitrogen and oxygen atoms in total. The third kappa shape index (κ3) is 2.52. The van der Waals surface area contributed by atoms with Gasteiger partial charge < -0.3 is 15.1 Å². The number of aromatic nitrogens is 1. The van der Waals surface area contributed by atoms with Gasteiger partial charge in [0, 0.05) is 19.3 Å². The molecule has 2 N–H and O–H groups in total. The Morgan fingerprint density at radius 2 is 2.21 bits per heavy atom. The Hall–Kier alpha value is -2.11. The average Bonchev–Trinajstić information content (AvgIpc) is 2.38. The molecule has 102 valence electrons. The van der Waals surface area contributed by atoms with Gasteiger partial charge in [0.05, 0.1) is 17.2 Å². The summed E-state index contributed by atoms with van der Waals surface area (Å²) >= 11 is 0. The molecule has 1 atom stereocenters. The number of likely N-dealkylation sites (tertiary alicyclic amines) is 1. The normalized spacial score (nSPS) is 23.1. The van der Waals surface area contributed by atoms with Gasteiger partial charge in [-0.2, -0.15) is 0 Å². The van der Waals surface area contributed by atoms with E-state index in [4.69, 9.17) is 0 Å². The van der Waals surface area contributed by atoms with Crippen molar-refractivity contribution in [1.29, 1.82) is 0 Å². The zero-order valence-corrected chi connectivity index (χ0v) is 10.7. The van der Waals surface area contributed by atoms with Gasteiger partial charge >= 0.3 is 5.97 Å². The van der Waals surface area contributed by atoms with E-state index >= 15 is 0 Å². The number of hydrogen-bond acceptors (Lipinski definition) is 4. The molecule has 0 bridgehead atoms. The molecule has 6 heteroatoms. The summed E-state index contributed by atoms with van der Waals surface area (Å²) in [4.78, 5) is 28.7. The third-order valence-electron chi connectivity index (χ3n) is 3.53. The van der Waals surface area contributed by atoms with Crippen LogP contribution >= 0.6 is 0 Å². The number of nitrogens with zero attached hydrogens (tertiary/aromatic N) is 2. The zero-order valence-electron chi connectivity index (χ0n) is 10.7. The molecule has 0 saturated carbocycles. The van der Waals surface area contributed by atoms with Gasteiger partial charge in [0.2, 0.25) is 0 Å². The van der Waals surface area contributed by atoms with Gasteiger partial charge in [-0.3, -0.25) is 14.6 Å². The van der Waals surface area contributed by atoms with Crippen molar-refractivity contribution in [2.75, 3.05) is 13.1 Å². The number of aliphatic carboxylic acids is 1. The number of carboxylic acid groups (broad SMARTS) is 1. The maximum Gasteiger partial charge on any atom is 0.311 e. The van der Waals surface area contributed by atoms with Crippen molar-refractivity contribution in [1.82, 2.24) is 9.88 Å². The van der Waals surface area contributed by atoms with Crippen LogP contribution in [0.2, 0.25) is 0 Å². The lowest BCUT2D eigenvalue weighted by Crippen LogP contribution is -2.48. The van der Waals surface area contributed by atoms with E-state index in [0.717, 1.165) is 0 Å². The van der Waals surface area contributed by atoms with Crippen molar-refractivity contribution in [3.8, 4) is 5.75 Å². The van der Waals surface area contributed by atoms with Gasteiger partial charge in [0.1, 0.15) is 5.75 Å². The standard InChI is InChI=1S/C13H16N2O4/c1-13(12(18)19)4-2-6-15(8-13)11(17)9-3-5-14-7-10(9)16/h3,5,7,16H,2,4,6,8H2,1H3,(H,18,19). The lowest BCUT2D eigenvalue weighted by Gasteiger charge is -2.37. The van der Waals surface area contributed by atoms with Crippen LogP contribution in [0.3, 0.4) is 0 Å². The topological polar surface area (TPSA) is 90.7 Å². The van der Waals surface area contributed by atoms with E-state index in [9.17, 15) is 19.8 Å². The maximum absolute atomic E-state index is 12.3. The van der Waals surface area contributed by atoms with Crippen LogP contribution < -0.4 is 0 Å². The summed E-state index contributed by atoms with van der Waals surface area (Å²) in [5.74, 6) is -1.44. The number of piperidine rings is 1. The van der Waals surface area contributed by atoms with Crippen LogP contribution in [0.4, 0.5) is 0 Å². The summed E-state index contributed by atoms with van der Waals surface area (Å²) in [5, 5.41) is 18.8. The predicted molar refractivity (Wildman–Crippen MR) is 66.8 cm³/mol. The van der Waals surface area contributed by atoms with Gasteiger partial charge in [-0.15, -0.1) is 0 Å². The van der Waals surface area contributed by atoms with E-state index in [1.54, 1.807) is 6.92 Å². The zero-order chi connectivity index (χ0) is 14.0. The fourth-order valence-corrected chi connectivity index (χ4v) is 2.32. The number of carbonyl (C=O) groups is 2. The third-order valence-corrected chi connectivity index (χ3v) is 3.53. The van der Waals surface area contributed by atoms with Gasteiger partial charge in [-0.25, -0.2) is 0 Å². The number of aromatic hydroxyl groups is 1. The molecule has 1 aromatic heterocycles. The molecule has 0 radical (unpaired) electrons. The first-order chi connectivity index (χ1) is 8.94. The minimum absolute atomic E-state index is 0.156. The number of carbonyl (C=O) groups excluding carboxylic acids is 1. The highest BCUT2D eigenvalue weighted by Gasteiger charge is 2.39. The van der Waals surface area contributed by atoms with E-state index in [-0.39, 0.29) is 23.8 Å². The molecule has 1 aliphatic heterocycles. The van der Waals surface area contributed by atoms with Gasteiger partial charge in [-0.05, 0) is 25.8 Å². The fourth-order valence-electron chi connectivity index (χ4n) is 2.32. The highest BCUT2D eigenvalue weighted by atomic mass is 16.4. The first-order valence-corrected chi connectivity index (χ1v) is 6.10. The number of rotatable bonds is 2. The lowest BCUT2D eigenvalue weighted by molar-refractivity contribution is -0.150. The molecule has 19 heavy (non-hydrogen) atoms. The highest BCUT2D eigenvalue weighted by molar-refractivity contribution is 5.97. The Bertz CT molecular complexity index is 517. The van der Waals surface area contributed by atoms with Crippen molar-refractivity contribution in [2.24, 2.45) is 5.41 Å². The van der Waals surface area contributed by atoms with E-state index < -0.39 is 11.4 Å². The second-order valence-corrected chi connectivity index (χ2v) is 5.09. The first-order valence-electron chi connectivity index (χ1n) is 6.10. The number of pyridine rings is 1. The van der Waals surface area contributed by atoms with E-state index in [2.05, 4.69) is 4.98 Å². The smallest absolute Gasteiger partial charge is 0.311 e. The van der Waals surface area contributed by atoms with Crippen LogP contribution in [0.25, 0.3) is 0 Å². The molecule has 1 aliphatic rings. The Labute approximate surface area is 110 Å². The molecule has 1 amide bonds. The van der Waals surface area contributed by atoms with Gasteiger partial charge in [-0.1, -0.05) is 0 Å². The monoisotopic (exact) mass is 264 g/mol. The summed E-state index contributed by atoms with van der Waals surface area (Å²) in [7, 11) is 0. The van der Waals surface area contributed by atoms with Crippen molar-refractivity contribution in [3.05, 3.63) is 24.0 Å². The summed E-state index contributed by atoms with van der Waals surface area (Å²) < 4.78 is 0. The van der Waals surface area contributed by atoms with Crippen molar-refractivity contribution in [3.63, 3.8) is 0 Å². The summed E-state index contributed by atoms with van der Waals surface area (Å²) in [5.41, 5.74) is -0.763. The van der Waals surface area contributed by atoms with Gasteiger partial charge in [0.15, 0.2) is 0 Å². The van der Waals surface area contributed by atoms with Crippen LogP contribution in [0.1, 0.15) is 30.1 Å². The Morgan fingerprint density at radius 3 is 2.84 bits per heavy atom. The molecule has 1 unspecified atom stereocenters. The Kier molecular flexibility index (Phi) is 3.42. The molecule has 2 heterocycles. The van der Waals surface area contributed by atoms with Crippen molar-refractivity contribution in [2.45, 2.75) is 19.8 Å². The predicted octanol–water partition coefficient (Wildman–Crippen LogP) is 1.11. The SMILES string of the molecule is CC1(C(=O)O)CCCN(C(=O)c2ccncc2O)C1. The molecule has 1 fully saturated rings. The number of amides is 1. The molecule has 0 spiro atoms. The maximum atomic E-state index is 12.3. The highest BCUT2D eigenvalue weighted by Crippen LogP contribution is 2.31. The fraction of sp³-hybridized carbons (Fsp3) is 0.462. The number of carboxylic acids is 1. The molecule has 1 saturated heterocycles. The first kappa shape index (κ1) is 13.3. The van der Waals surface area contributed by atoms with Crippen LogP contribution in [-0.4, -0.2) is 45.1 Å². The van der Waals surface area contributed by atoms with E-state index in [1.165, 1.54) is 23.4 Å². The van der Waals surface area contributed by atoms with Gasteiger partial charge in [0.25, 0.3) is 5.91 Å². The van der Waals surface area contributed by atoms with E-state index in [0.29, 0.717) is 19.4 Å². The molecule has 2 rings (SSSR count). The van der Waals surface area contributed by atoms with Crippen LogP contribution in [0.5, 0.6) is 5.75 Å². The van der Waals surface area contributed by atoms with Crippen molar-refractivity contribution >= 4 is 11.9 Å². The van der Waals surface area contributed by atoms with Crippen LogP contribution in [-0.2, 0) is 4.79 Å². The Balaban J connectivity index is 2.21. The van der Waals surface area contributed by atoms with Crippen LogP contribution in [0, 0.1) is 5.41 Å². The second kappa shape index (κ2) is 4.87. The molecular weight excluding hydrogens is 248 g/mol. The Morgan fingerprint density at radius 1 is 1.47 bits per heavy atom. The summed E-state index contributed by atoms with van der Waals surface area (Å²) in [6.45, 7) is 2.30. The quantitative estimate of drug-likeness (QED) is 0.835. The summed E-state index contributed by atoms with van der Waals surface area (Å²) in [6, 6.07) is 1.43. The van der Waals surface area contributed by atoms with Crippen molar-refractivity contribution < 1.29 is 19.8 Å². The van der Waals surface area contributed by atoms with E-state index in [1.807, 2.05) is 0 Å². The number of hydrogen-bond donors (Lipinski definition) is 2. The average molecular weight is 264 g/mol. The largest absolute Gasteiger partial charge is 0.505 e. The molecule has 0 aliphatic carbocycles. The molecule has 0 aromatic carbocycles. The second-order valence-electron chi connectivity index (χ2n) is 5.09.